The van der Waals surface area contributed by atoms with Crippen LogP contribution in [0.3, 0.4) is 0 Å². The summed E-state index contributed by atoms with van der Waals surface area (Å²) in [5.74, 6) is 0.851. The van der Waals surface area contributed by atoms with Crippen molar-refractivity contribution in [2.75, 3.05) is 24.6 Å². The van der Waals surface area contributed by atoms with E-state index in [1.165, 1.54) is 17.2 Å². The highest BCUT2D eigenvalue weighted by Crippen LogP contribution is 2.47. The fourth-order valence-corrected chi connectivity index (χ4v) is 7.39. The van der Waals surface area contributed by atoms with Gasteiger partial charge in [0.2, 0.25) is 5.91 Å². The molecule has 0 radical (unpaired) electrons. The molecule has 1 spiro atoms. The van der Waals surface area contributed by atoms with Crippen molar-refractivity contribution in [2.45, 2.75) is 62.7 Å². The van der Waals surface area contributed by atoms with Crippen molar-refractivity contribution in [1.82, 2.24) is 4.72 Å². The lowest BCUT2D eigenvalue weighted by Crippen LogP contribution is -2.48. The SMILES string of the molecule is CC.O=C1CC2CCC2CN2CC3(CCCc4cc(Cl)ccc43)COc3ccc(cc32)S(=O)(=O)N1. The van der Waals surface area contributed by atoms with E-state index in [1.807, 2.05) is 19.9 Å². The van der Waals surface area contributed by atoms with Crippen molar-refractivity contribution >= 4 is 33.2 Å². The first-order valence-electron chi connectivity index (χ1n) is 12.7. The third-order valence-electron chi connectivity index (χ3n) is 8.04. The van der Waals surface area contributed by atoms with Gasteiger partial charge < -0.3 is 9.64 Å². The van der Waals surface area contributed by atoms with Crippen molar-refractivity contribution in [3.8, 4) is 5.75 Å². The number of carbonyl (C=O) groups excluding carboxylic acids is 1. The lowest BCUT2D eigenvalue weighted by atomic mass is 9.69. The molecule has 3 atom stereocenters. The van der Waals surface area contributed by atoms with Gasteiger partial charge in [-0.1, -0.05) is 31.5 Å². The van der Waals surface area contributed by atoms with E-state index in [9.17, 15) is 13.2 Å². The fraction of sp³-hybridized carbons (Fsp3) is 0.519. The van der Waals surface area contributed by atoms with Crippen LogP contribution in [0.2, 0.25) is 5.02 Å². The topological polar surface area (TPSA) is 75.7 Å². The first kappa shape index (κ1) is 24.4. The molecule has 2 aliphatic heterocycles. The first-order chi connectivity index (χ1) is 16.8. The second-order valence-corrected chi connectivity index (χ2v) is 12.2. The highest BCUT2D eigenvalue weighted by atomic mass is 35.5. The minimum atomic E-state index is -3.92. The van der Waals surface area contributed by atoms with Crippen LogP contribution in [0.5, 0.6) is 5.75 Å². The zero-order valence-corrected chi connectivity index (χ0v) is 21.9. The van der Waals surface area contributed by atoms with Gasteiger partial charge in [0.25, 0.3) is 10.0 Å². The monoisotopic (exact) mass is 516 g/mol. The number of hydrogen-bond donors (Lipinski definition) is 1. The molecule has 0 aromatic heterocycles. The van der Waals surface area contributed by atoms with Gasteiger partial charge in [-0.15, -0.1) is 0 Å². The summed E-state index contributed by atoms with van der Waals surface area (Å²) in [4.78, 5) is 14.9. The predicted octanol–water partition coefficient (Wildman–Crippen LogP) is 5.07. The zero-order chi connectivity index (χ0) is 24.8. The van der Waals surface area contributed by atoms with Crippen molar-refractivity contribution in [3.63, 3.8) is 0 Å². The number of rotatable bonds is 0. The molecule has 2 aliphatic carbocycles. The first-order valence-corrected chi connectivity index (χ1v) is 14.6. The molecular formula is C27H33ClN2O4S. The van der Waals surface area contributed by atoms with Crippen LogP contribution in [0.15, 0.2) is 41.3 Å². The molecule has 2 heterocycles. The number of amides is 1. The minimum Gasteiger partial charge on any atom is -0.490 e. The molecule has 1 saturated carbocycles. The molecule has 1 N–H and O–H groups in total. The van der Waals surface area contributed by atoms with Crippen molar-refractivity contribution in [2.24, 2.45) is 11.8 Å². The highest BCUT2D eigenvalue weighted by molar-refractivity contribution is 7.90. The van der Waals surface area contributed by atoms with E-state index in [-0.39, 0.29) is 22.6 Å². The van der Waals surface area contributed by atoms with E-state index in [0.717, 1.165) is 55.9 Å². The van der Waals surface area contributed by atoms with E-state index in [0.29, 0.717) is 18.3 Å². The Morgan fingerprint density at radius 3 is 2.69 bits per heavy atom. The molecule has 6 nitrogen and oxygen atoms in total. The zero-order valence-electron chi connectivity index (χ0n) is 20.3. The summed E-state index contributed by atoms with van der Waals surface area (Å²) in [6, 6.07) is 11.1. The average Bonchev–Trinajstić information content (AvgIpc) is 2.98. The normalized spacial score (nSPS) is 28.4. The number of carbonyl (C=O) groups is 1. The molecule has 2 aromatic carbocycles. The van der Waals surface area contributed by atoms with Gasteiger partial charge in [0, 0.05) is 29.9 Å². The number of ether oxygens (including phenoxy) is 1. The van der Waals surface area contributed by atoms with Gasteiger partial charge in [0.05, 0.1) is 17.2 Å². The largest absolute Gasteiger partial charge is 0.490 e. The predicted molar refractivity (Wildman–Crippen MR) is 138 cm³/mol. The van der Waals surface area contributed by atoms with Crippen molar-refractivity contribution in [3.05, 3.63) is 52.5 Å². The Kier molecular flexibility index (Phi) is 6.51. The van der Waals surface area contributed by atoms with Crippen molar-refractivity contribution in [1.29, 1.82) is 0 Å². The summed E-state index contributed by atoms with van der Waals surface area (Å²) in [6.07, 6.45) is 5.33. The van der Waals surface area contributed by atoms with Gasteiger partial charge >= 0.3 is 0 Å². The van der Waals surface area contributed by atoms with Gasteiger partial charge in [0.1, 0.15) is 5.75 Å². The second-order valence-electron chi connectivity index (χ2n) is 10.1. The van der Waals surface area contributed by atoms with Crippen LogP contribution in [0, 0.1) is 11.8 Å². The fourth-order valence-electron chi connectivity index (χ4n) is 6.18. The Balaban J connectivity index is 0.00000124. The molecule has 35 heavy (non-hydrogen) atoms. The van der Waals surface area contributed by atoms with Gasteiger partial charge in [0.15, 0.2) is 0 Å². The third-order valence-corrected chi connectivity index (χ3v) is 9.65. The van der Waals surface area contributed by atoms with E-state index in [2.05, 4.69) is 21.8 Å². The van der Waals surface area contributed by atoms with Gasteiger partial charge in [-0.05, 0) is 85.4 Å². The quantitative estimate of drug-likeness (QED) is 0.529. The number of fused-ring (bicyclic) bond motifs is 4. The van der Waals surface area contributed by atoms with Gasteiger partial charge in [-0.25, -0.2) is 13.1 Å². The molecule has 8 heteroatoms. The number of aryl methyl sites for hydroxylation is 1. The molecule has 4 aliphatic rings. The standard InChI is InChI=1S/C25H27ClN2O4S.C2H6/c26-19-5-7-21-17(10-19)2-1-9-25(21)14-28-13-18-4-3-16(18)11-24(29)27-33(30,31)20-6-8-23(32-15-25)22(28)12-20;1-2/h5-8,10,12,16,18H,1-4,9,11,13-15H2,(H,27,29);1-2H3. The third kappa shape index (κ3) is 4.42. The van der Waals surface area contributed by atoms with Gasteiger partial charge in [-0.3, -0.25) is 4.79 Å². The summed E-state index contributed by atoms with van der Waals surface area (Å²) in [7, 11) is -3.92. The maximum Gasteiger partial charge on any atom is 0.264 e. The Labute approximate surface area is 213 Å². The Morgan fingerprint density at radius 2 is 1.91 bits per heavy atom. The summed E-state index contributed by atoms with van der Waals surface area (Å²) < 4.78 is 34.5. The lowest BCUT2D eigenvalue weighted by molar-refractivity contribution is -0.121. The van der Waals surface area contributed by atoms with Crippen molar-refractivity contribution < 1.29 is 17.9 Å². The number of anilines is 1. The molecule has 3 unspecified atom stereocenters. The van der Waals surface area contributed by atoms with Crippen LogP contribution in [0.1, 0.15) is 57.1 Å². The van der Waals surface area contributed by atoms with Crippen LogP contribution in [0.4, 0.5) is 5.69 Å². The molecule has 1 fully saturated rings. The molecule has 1 amide bonds. The Bertz CT molecular complexity index is 1250. The number of sulfonamides is 1. The summed E-state index contributed by atoms with van der Waals surface area (Å²) in [6.45, 7) is 6.09. The Hall–Kier alpha value is -2.25. The number of hydrogen-bond acceptors (Lipinski definition) is 5. The minimum absolute atomic E-state index is 0.101. The van der Waals surface area contributed by atoms with Crippen LogP contribution in [0.25, 0.3) is 0 Å². The van der Waals surface area contributed by atoms with Crippen LogP contribution < -0.4 is 14.4 Å². The van der Waals surface area contributed by atoms with Gasteiger partial charge in [-0.2, -0.15) is 0 Å². The summed E-state index contributed by atoms with van der Waals surface area (Å²) in [5.41, 5.74) is 3.18. The maximum absolute atomic E-state index is 12.9. The smallest absolute Gasteiger partial charge is 0.264 e. The van der Waals surface area contributed by atoms with Crippen LogP contribution in [-0.2, 0) is 26.7 Å². The highest BCUT2D eigenvalue weighted by Gasteiger charge is 2.44. The lowest BCUT2D eigenvalue weighted by Gasteiger charge is -2.44. The molecular weight excluding hydrogens is 484 g/mol. The maximum atomic E-state index is 12.9. The molecule has 0 saturated heterocycles. The number of benzene rings is 2. The molecule has 188 valence electrons. The summed E-state index contributed by atoms with van der Waals surface area (Å²) >= 11 is 6.31. The average molecular weight is 517 g/mol. The molecule has 2 bridgehead atoms. The summed E-state index contributed by atoms with van der Waals surface area (Å²) in [5, 5.41) is 0.753. The Morgan fingerprint density at radius 1 is 1.11 bits per heavy atom. The van der Waals surface area contributed by atoms with E-state index in [1.54, 1.807) is 12.1 Å². The van der Waals surface area contributed by atoms with Crippen LogP contribution >= 0.6 is 11.6 Å². The number of nitrogens with zero attached hydrogens (tertiary/aromatic N) is 1. The van der Waals surface area contributed by atoms with E-state index < -0.39 is 15.9 Å². The van der Waals surface area contributed by atoms with Crippen LogP contribution in [-0.4, -0.2) is 34.0 Å². The number of halogens is 1. The van der Waals surface area contributed by atoms with E-state index >= 15 is 0 Å². The second kappa shape index (κ2) is 9.32. The molecule has 2 aromatic rings. The number of nitrogens with one attached hydrogen (secondary N) is 1. The molecule has 6 rings (SSSR count). The van der Waals surface area contributed by atoms with E-state index in [4.69, 9.17) is 16.3 Å².